The minimum atomic E-state index is 0.392. The monoisotopic (exact) mass is 269 g/mol. The van der Waals surface area contributed by atoms with Gasteiger partial charge in [0, 0.05) is 21.2 Å². The maximum absolute atomic E-state index is 8.48. The molecule has 0 aromatic carbocycles. The summed E-state index contributed by atoms with van der Waals surface area (Å²) in [4.78, 5) is 0. The average Bonchev–Trinajstić information content (AvgIpc) is 2.36. The third-order valence-electron chi connectivity index (χ3n) is 1.08. The molecule has 1 aliphatic rings. The first-order valence-electron chi connectivity index (χ1n) is 2.53. The number of ether oxygens (including phenoxy) is 1. The first-order valence-corrected chi connectivity index (χ1v) is 5.82. The Kier molecular flexibility index (Phi) is 3.31. The molecule has 3 nitrogen and oxygen atoms in total. The topological polar surface area (TPSA) is 42.2 Å². The van der Waals surface area contributed by atoms with Gasteiger partial charge in [-0.05, 0) is 0 Å². The smallest absolute Gasteiger partial charge is 0.157 e. The SMILES string of the molecule is N#CC1=C(OSI)COC1. The molecule has 0 amide bonds. The molecule has 54 valence electrons. The Morgan fingerprint density at radius 2 is 2.50 bits per heavy atom. The first-order chi connectivity index (χ1) is 4.88. The number of hydrogen-bond acceptors (Lipinski definition) is 4. The normalized spacial score (nSPS) is 17.2. The van der Waals surface area contributed by atoms with Crippen LogP contribution in [-0.2, 0) is 8.92 Å². The van der Waals surface area contributed by atoms with Gasteiger partial charge in [-0.15, -0.1) is 0 Å². The summed E-state index contributed by atoms with van der Waals surface area (Å²) in [5.74, 6) is 0.655. The van der Waals surface area contributed by atoms with E-state index in [4.69, 9.17) is 14.2 Å². The summed E-state index contributed by atoms with van der Waals surface area (Å²) in [5.41, 5.74) is 0.601. The van der Waals surface area contributed by atoms with E-state index in [0.717, 1.165) is 0 Å². The van der Waals surface area contributed by atoms with Crippen molar-refractivity contribution in [1.29, 1.82) is 5.26 Å². The number of rotatable bonds is 2. The standard InChI is InChI=1S/C5H4INO2S/c6-10-9-5-3-8-2-4(5)1-7/h2-3H2. The highest BCUT2D eigenvalue weighted by atomic mass is 127. The fourth-order valence-electron chi connectivity index (χ4n) is 0.620. The van der Waals surface area contributed by atoms with Gasteiger partial charge in [-0.25, -0.2) is 0 Å². The zero-order chi connectivity index (χ0) is 7.40. The van der Waals surface area contributed by atoms with Crippen LogP contribution in [-0.4, -0.2) is 13.2 Å². The van der Waals surface area contributed by atoms with Crippen molar-refractivity contribution in [1.82, 2.24) is 0 Å². The first kappa shape index (κ1) is 8.17. The molecule has 0 spiro atoms. The highest BCUT2D eigenvalue weighted by molar-refractivity contribution is 14.2. The minimum Gasteiger partial charge on any atom is -0.416 e. The second-order valence-electron chi connectivity index (χ2n) is 1.65. The van der Waals surface area contributed by atoms with Gasteiger partial charge in [-0.1, -0.05) is 0 Å². The van der Waals surface area contributed by atoms with Crippen molar-refractivity contribution >= 4 is 30.4 Å². The van der Waals surface area contributed by atoms with Gasteiger partial charge in [0.25, 0.3) is 0 Å². The Balaban J connectivity index is 2.61. The summed E-state index contributed by atoms with van der Waals surface area (Å²) in [6.45, 7) is 0.821. The molecule has 0 bridgehead atoms. The zero-order valence-electron chi connectivity index (χ0n) is 4.96. The molecule has 0 radical (unpaired) electrons. The van der Waals surface area contributed by atoms with Gasteiger partial charge in [0.05, 0.1) is 12.2 Å². The third kappa shape index (κ3) is 1.78. The summed E-state index contributed by atoms with van der Waals surface area (Å²) in [7, 11) is 1.20. The molecule has 1 aliphatic heterocycles. The Bertz CT molecular complexity index is 198. The molecular formula is C5H4INO2S. The quantitative estimate of drug-likeness (QED) is 0.566. The lowest BCUT2D eigenvalue weighted by Crippen LogP contribution is -1.86. The van der Waals surface area contributed by atoms with Crippen LogP contribution >= 0.6 is 30.4 Å². The zero-order valence-corrected chi connectivity index (χ0v) is 7.94. The molecule has 0 saturated carbocycles. The summed E-state index contributed by atoms with van der Waals surface area (Å²) in [5, 5.41) is 8.48. The van der Waals surface area contributed by atoms with Gasteiger partial charge in [-0.2, -0.15) is 5.26 Å². The molecule has 0 fully saturated rings. The fourth-order valence-corrected chi connectivity index (χ4v) is 1.50. The van der Waals surface area contributed by atoms with Crippen molar-refractivity contribution in [2.75, 3.05) is 13.2 Å². The van der Waals surface area contributed by atoms with Gasteiger partial charge in [0.2, 0.25) is 0 Å². The van der Waals surface area contributed by atoms with Crippen molar-refractivity contribution in [3.8, 4) is 6.07 Å². The van der Waals surface area contributed by atoms with E-state index >= 15 is 0 Å². The van der Waals surface area contributed by atoms with Crippen molar-refractivity contribution in [2.45, 2.75) is 0 Å². The summed E-state index contributed by atoms with van der Waals surface area (Å²) in [6, 6.07) is 2.01. The molecule has 0 aromatic heterocycles. The lowest BCUT2D eigenvalue weighted by Gasteiger charge is -1.96. The number of hydrogen-bond donors (Lipinski definition) is 0. The van der Waals surface area contributed by atoms with Crippen LogP contribution in [0.1, 0.15) is 0 Å². The molecule has 0 unspecified atom stereocenters. The molecule has 1 rings (SSSR count). The molecule has 1 heterocycles. The van der Waals surface area contributed by atoms with Gasteiger partial charge >= 0.3 is 0 Å². The van der Waals surface area contributed by atoms with Crippen LogP contribution in [0.5, 0.6) is 0 Å². The lowest BCUT2D eigenvalue weighted by atomic mass is 10.3. The molecule has 10 heavy (non-hydrogen) atoms. The fraction of sp³-hybridized carbons (Fsp3) is 0.400. The van der Waals surface area contributed by atoms with Gasteiger partial charge in [0.1, 0.15) is 21.9 Å². The lowest BCUT2D eigenvalue weighted by molar-refractivity contribution is 0.190. The van der Waals surface area contributed by atoms with E-state index in [1.54, 1.807) is 0 Å². The summed E-state index contributed by atoms with van der Waals surface area (Å²) >= 11 is 2.00. The van der Waals surface area contributed by atoms with Crippen LogP contribution in [0.4, 0.5) is 0 Å². The van der Waals surface area contributed by atoms with E-state index < -0.39 is 0 Å². The van der Waals surface area contributed by atoms with E-state index in [0.29, 0.717) is 24.5 Å². The van der Waals surface area contributed by atoms with Crippen molar-refractivity contribution in [2.24, 2.45) is 0 Å². The predicted molar refractivity (Wildman–Crippen MR) is 46.2 cm³/mol. The molecular weight excluding hydrogens is 265 g/mol. The van der Waals surface area contributed by atoms with E-state index in [9.17, 15) is 0 Å². The van der Waals surface area contributed by atoms with Crippen LogP contribution in [0, 0.1) is 11.3 Å². The highest BCUT2D eigenvalue weighted by Gasteiger charge is 2.16. The maximum atomic E-state index is 8.48. The second-order valence-corrected chi connectivity index (χ2v) is 3.02. The van der Waals surface area contributed by atoms with Crippen LogP contribution in [0.25, 0.3) is 0 Å². The van der Waals surface area contributed by atoms with Crippen LogP contribution in [0.3, 0.4) is 0 Å². The maximum Gasteiger partial charge on any atom is 0.157 e. The molecule has 0 aromatic rings. The van der Waals surface area contributed by atoms with Gasteiger partial charge in [-0.3, -0.25) is 0 Å². The molecule has 5 heteroatoms. The number of nitrogens with zero attached hydrogens (tertiary/aromatic N) is 1. The number of nitriles is 1. The van der Waals surface area contributed by atoms with Crippen LogP contribution in [0.15, 0.2) is 11.3 Å². The molecule has 0 N–H and O–H groups in total. The van der Waals surface area contributed by atoms with Crippen LogP contribution < -0.4 is 0 Å². The summed E-state index contributed by atoms with van der Waals surface area (Å²) in [6.07, 6.45) is 0. The summed E-state index contributed by atoms with van der Waals surface area (Å²) < 4.78 is 10.0. The van der Waals surface area contributed by atoms with Crippen molar-refractivity contribution < 1.29 is 8.92 Å². The van der Waals surface area contributed by atoms with Crippen molar-refractivity contribution in [3.05, 3.63) is 11.3 Å². The Labute approximate surface area is 75.2 Å². The third-order valence-corrected chi connectivity index (χ3v) is 1.89. The van der Waals surface area contributed by atoms with Gasteiger partial charge in [0.15, 0.2) is 5.76 Å². The average molecular weight is 269 g/mol. The van der Waals surface area contributed by atoms with Crippen molar-refractivity contribution in [3.63, 3.8) is 0 Å². The van der Waals surface area contributed by atoms with Gasteiger partial charge < -0.3 is 8.92 Å². The van der Waals surface area contributed by atoms with E-state index in [2.05, 4.69) is 0 Å². The number of halogens is 1. The Morgan fingerprint density at radius 1 is 1.70 bits per heavy atom. The van der Waals surface area contributed by atoms with Crippen LogP contribution in [0.2, 0.25) is 0 Å². The molecule has 0 saturated heterocycles. The highest BCUT2D eigenvalue weighted by Crippen LogP contribution is 2.23. The van der Waals surface area contributed by atoms with E-state index in [1.807, 2.05) is 27.3 Å². The minimum absolute atomic E-state index is 0.392. The molecule has 0 atom stereocenters. The largest absolute Gasteiger partial charge is 0.416 e. The Hall–Kier alpha value is 0.0700. The predicted octanol–water partition coefficient (Wildman–Crippen LogP) is 1.81. The van der Waals surface area contributed by atoms with E-state index in [-0.39, 0.29) is 0 Å². The second kappa shape index (κ2) is 4.05. The molecule has 0 aliphatic carbocycles. The Morgan fingerprint density at radius 3 is 3.10 bits per heavy atom. The van der Waals surface area contributed by atoms with E-state index in [1.165, 1.54) is 9.21 Å².